The molecule has 5 fully saturated rings. The van der Waals surface area contributed by atoms with Crippen molar-refractivity contribution in [1.29, 1.82) is 0 Å². The van der Waals surface area contributed by atoms with Crippen LogP contribution in [0, 0.1) is 35.0 Å². The van der Waals surface area contributed by atoms with Gasteiger partial charge in [0.25, 0.3) is 0 Å². The zero-order chi connectivity index (χ0) is 30.6. The van der Waals surface area contributed by atoms with Gasteiger partial charge < -0.3 is 40.0 Å². The second kappa shape index (κ2) is 10.4. The molecule has 3 heterocycles. The van der Waals surface area contributed by atoms with Crippen molar-refractivity contribution >= 4 is 5.78 Å². The maximum Gasteiger partial charge on any atom is 0.186 e. The maximum atomic E-state index is 14.6. The van der Waals surface area contributed by atoms with Gasteiger partial charge in [-0.15, -0.1) is 0 Å². The van der Waals surface area contributed by atoms with Crippen LogP contribution in [0.4, 0.5) is 0 Å². The maximum absolute atomic E-state index is 14.6. The van der Waals surface area contributed by atoms with Crippen molar-refractivity contribution in [3.8, 4) is 0 Å². The highest BCUT2D eigenvalue weighted by Crippen LogP contribution is 2.64. The van der Waals surface area contributed by atoms with Gasteiger partial charge in [0, 0.05) is 22.9 Å². The van der Waals surface area contributed by atoms with Gasteiger partial charge >= 0.3 is 0 Å². The average molecular weight is 602 g/mol. The summed E-state index contributed by atoms with van der Waals surface area (Å²) in [6, 6.07) is 0. The normalized spacial score (nSPS) is 54.6. The fourth-order valence-corrected chi connectivity index (χ4v) is 10.6. The van der Waals surface area contributed by atoms with E-state index in [2.05, 4.69) is 46.0 Å². The van der Waals surface area contributed by atoms with Crippen LogP contribution in [0.15, 0.2) is 22.8 Å². The smallest absolute Gasteiger partial charge is 0.186 e. The van der Waals surface area contributed by atoms with E-state index in [1.165, 1.54) is 11.1 Å². The van der Waals surface area contributed by atoms with Gasteiger partial charge in [-0.3, -0.25) is 4.79 Å². The molecule has 0 radical (unpaired) electrons. The molecule has 7 aliphatic rings. The Balaban J connectivity index is 1.12. The number of hydrogen-bond donors (Lipinski definition) is 5. The molecule has 43 heavy (non-hydrogen) atoms. The number of carbonyl (C=O) groups excluding carboxylic acids is 1. The van der Waals surface area contributed by atoms with Crippen molar-refractivity contribution < 1.29 is 39.4 Å². The molecule has 0 aromatic rings. The van der Waals surface area contributed by atoms with Gasteiger partial charge in [0.15, 0.2) is 12.1 Å². The van der Waals surface area contributed by atoms with Crippen LogP contribution in [0.5, 0.6) is 0 Å². The number of ketones is 1. The van der Waals surface area contributed by atoms with Crippen LogP contribution in [-0.2, 0) is 19.0 Å². The van der Waals surface area contributed by atoms with Crippen molar-refractivity contribution in [2.75, 3.05) is 13.2 Å². The van der Waals surface area contributed by atoms with Crippen molar-refractivity contribution in [2.45, 2.75) is 134 Å². The Hall–Kier alpha value is -1.17. The van der Waals surface area contributed by atoms with Gasteiger partial charge in [-0.2, -0.15) is 0 Å². The zero-order valence-electron chi connectivity index (χ0n) is 26.3. The standard InChI is InChI=1S/C34H51NO8/c1-16-12-24-33(5,35-14-16)18(3)34(43-24)11-9-21-22-7-6-19-13-20(41-31-30(40)29(39)27(37)23(15-36)42-31)8-10-32(19,4)26(22)28(38)25(21)17(34)2/h6,16,18,20-24,26-27,29-31,35-37,39-40H,7-15H2,1-5H3/t16-,18+,20-,21-,22-,23+,24+,26+,27+,29-,30+,31+,32-,33-,34-/m0/s1. The molecule has 0 aromatic carbocycles. The number of Topliss-reactive ketones (excluding diaryl/α,β-unsaturated/α-hetero) is 1. The quantitative estimate of drug-likeness (QED) is 0.309. The first-order valence-corrected chi connectivity index (χ1v) is 16.7. The first-order valence-electron chi connectivity index (χ1n) is 16.7. The first kappa shape index (κ1) is 30.5. The fraction of sp³-hybridized carbons (Fsp3) is 0.853. The van der Waals surface area contributed by atoms with Gasteiger partial charge in [-0.25, -0.2) is 0 Å². The van der Waals surface area contributed by atoms with Crippen LogP contribution in [0.3, 0.4) is 0 Å². The SMILES string of the molecule is CC1=C2C(=O)[C@H]3[C@@H](CC=C4C[C@@H](O[C@@H]5O[C@H](CO)[C@@H](O)[C@H](O)[C@H]5O)CC[C@@]43C)[C@@H]2CC[C@]12O[C@@H]1C[C@H](C)CN[C@@]1(C)[C@H]2C. The van der Waals surface area contributed by atoms with Crippen LogP contribution >= 0.6 is 0 Å². The topological polar surface area (TPSA) is 138 Å². The van der Waals surface area contributed by atoms with E-state index in [1.807, 2.05) is 0 Å². The van der Waals surface area contributed by atoms with E-state index in [9.17, 15) is 25.2 Å². The summed E-state index contributed by atoms with van der Waals surface area (Å²) in [5.41, 5.74) is 2.74. The number of nitrogens with one attached hydrogen (secondary N) is 1. The number of rotatable bonds is 3. The number of aliphatic hydroxyl groups is 4. The zero-order valence-corrected chi connectivity index (χ0v) is 26.3. The minimum Gasteiger partial charge on any atom is -0.394 e. The summed E-state index contributed by atoms with van der Waals surface area (Å²) in [6.07, 6.45) is 1.80. The van der Waals surface area contributed by atoms with E-state index in [4.69, 9.17) is 14.2 Å². The Morgan fingerprint density at radius 2 is 1.86 bits per heavy atom. The lowest BCUT2D eigenvalue weighted by Gasteiger charge is -2.49. The highest BCUT2D eigenvalue weighted by Gasteiger charge is 2.66. The largest absolute Gasteiger partial charge is 0.394 e. The summed E-state index contributed by atoms with van der Waals surface area (Å²) in [7, 11) is 0. The van der Waals surface area contributed by atoms with Gasteiger partial charge in [0.05, 0.1) is 24.4 Å². The van der Waals surface area contributed by atoms with Crippen molar-refractivity contribution in [3.63, 3.8) is 0 Å². The molecule has 3 aliphatic heterocycles. The summed E-state index contributed by atoms with van der Waals surface area (Å²) >= 11 is 0. The molecular weight excluding hydrogens is 550 g/mol. The number of ether oxygens (including phenoxy) is 3. The summed E-state index contributed by atoms with van der Waals surface area (Å²) in [6.45, 7) is 11.9. The van der Waals surface area contributed by atoms with Gasteiger partial charge in [-0.05, 0) is 94.1 Å². The summed E-state index contributed by atoms with van der Waals surface area (Å²) in [5, 5.41) is 44.3. The Morgan fingerprint density at radius 1 is 1.09 bits per heavy atom. The lowest BCUT2D eigenvalue weighted by Crippen LogP contribution is -2.60. The van der Waals surface area contributed by atoms with Gasteiger partial charge in [0.2, 0.25) is 0 Å². The predicted molar refractivity (Wildman–Crippen MR) is 158 cm³/mol. The Morgan fingerprint density at radius 3 is 2.60 bits per heavy atom. The molecule has 0 bridgehead atoms. The molecule has 240 valence electrons. The minimum atomic E-state index is -1.46. The number of aliphatic hydroxyl groups excluding tert-OH is 4. The lowest BCUT2D eigenvalue weighted by atomic mass is 9.56. The van der Waals surface area contributed by atoms with E-state index in [0.29, 0.717) is 30.5 Å². The number of fused-ring (bicyclic) bond motifs is 6. The minimum absolute atomic E-state index is 0.0569. The number of allylic oxidation sites excluding steroid dienone is 2. The van der Waals surface area contributed by atoms with E-state index in [1.54, 1.807) is 0 Å². The van der Waals surface area contributed by atoms with Gasteiger partial charge in [-0.1, -0.05) is 32.4 Å². The molecule has 0 unspecified atom stereocenters. The Kier molecular flexibility index (Phi) is 7.39. The Bertz CT molecular complexity index is 1220. The van der Waals surface area contributed by atoms with Gasteiger partial charge in [0.1, 0.15) is 24.4 Å². The third-order valence-electron chi connectivity index (χ3n) is 13.5. The van der Waals surface area contributed by atoms with Crippen molar-refractivity contribution in [1.82, 2.24) is 5.32 Å². The molecule has 9 heteroatoms. The van der Waals surface area contributed by atoms with Crippen LogP contribution in [0.2, 0.25) is 0 Å². The van der Waals surface area contributed by atoms with Crippen LogP contribution in [-0.4, -0.2) is 93.4 Å². The van der Waals surface area contributed by atoms with E-state index < -0.39 is 37.3 Å². The molecule has 4 aliphatic carbocycles. The number of hydrogen-bond acceptors (Lipinski definition) is 9. The lowest BCUT2D eigenvalue weighted by molar-refractivity contribution is -0.312. The molecule has 7 rings (SSSR count). The van der Waals surface area contributed by atoms with E-state index in [0.717, 1.165) is 44.2 Å². The van der Waals surface area contributed by atoms with Crippen molar-refractivity contribution in [2.24, 2.45) is 35.0 Å². The molecule has 0 aromatic heterocycles. The highest BCUT2D eigenvalue weighted by atomic mass is 16.7. The average Bonchev–Trinajstić information content (AvgIpc) is 3.40. The molecule has 2 saturated carbocycles. The second-order valence-electron chi connectivity index (χ2n) is 15.5. The van der Waals surface area contributed by atoms with Crippen LogP contribution in [0.1, 0.15) is 79.6 Å². The second-order valence-corrected chi connectivity index (χ2v) is 15.5. The molecule has 1 spiro atoms. The first-order chi connectivity index (χ1) is 20.4. The molecule has 15 atom stereocenters. The summed E-state index contributed by atoms with van der Waals surface area (Å²) in [5.74, 6) is 1.70. The number of piperidine rings is 1. The molecular formula is C34H51NO8. The summed E-state index contributed by atoms with van der Waals surface area (Å²) < 4.78 is 18.9. The Labute approximate surface area is 255 Å². The third-order valence-corrected chi connectivity index (χ3v) is 13.5. The predicted octanol–water partition coefficient (Wildman–Crippen LogP) is 2.40. The van der Waals surface area contributed by atoms with E-state index >= 15 is 0 Å². The molecule has 9 nitrogen and oxygen atoms in total. The molecule has 0 amide bonds. The third kappa shape index (κ3) is 4.22. The van der Waals surface area contributed by atoms with Crippen LogP contribution in [0.25, 0.3) is 0 Å². The number of carbonyl (C=O) groups is 1. The van der Waals surface area contributed by atoms with Crippen molar-refractivity contribution in [3.05, 3.63) is 22.8 Å². The fourth-order valence-electron chi connectivity index (χ4n) is 10.6. The molecule has 3 saturated heterocycles. The monoisotopic (exact) mass is 601 g/mol. The van der Waals surface area contributed by atoms with E-state index in [-0.39, 0.29) is 46.5 Å². The molecule has 5 N–H and O–H groups in total. The van der Waals surface area contributed by atoms with Crippen LogP contribution < -0.4 is 5.32 Å². The highest BCUT2D eigenvalue weighted by molar-refractivity contribution is 6.02. The summed E-state index contributed by atoms with van der Waals surface area (Å²) in [4.78, 5) is 14.6.